The van der Waals surface area contributed by atoms with Gasteiger partial charge in [0.2, 0.25) is 0 Å². The second kappa shape index (κ2) is 7.60. The number of likely N-dealkylation sites (tertiary alicyclic amines) is 1. The van der Waals surface area contributed by atoms with Crippen LogP contribution in [0.15, 0.2) is 30.3 Å². The van der Waals surface area contributed by atoms with E-state index in [1.165, 1.54) is 5.56 Å². The van der Waals surface area contributed by atoms with Gasteiger partial charge < -0.3 is 4.74 Å². The molecule has 0 saturated carbocycles. The summed E-state index contributed by atoms with van der Waals surface area (Å²) in [7, 11) is 0. The zero-order valence-corrected chi connectivity index (χ0v) is 13.4. The first-order valence-electron chi connectivity index (χ1n) is 8.03. The third kappa shape index (κ3) is 4.57. The van der Waals surface area contributed by atoms with E-state index in [0.29, 0.717) is 18.4 Å². The largest absolute Gasteiger partial charge is 0.466 e. The van der Waals surface area contributed by atoms with Crippen LogP contribution in [-0.4, -0.2) is 30.6 Å². The van der Waals surface area contributed by atoms with Crippen LogP contribution in [0.1, 0.15) is 32.8 Å². The number of ether oxygens (including phenoxy) is 1. The molecule has 0 amide bonds. The lowest BCUT2D eigenvalue weighted by Crippen LogP contribution is -2.26. The highest BCUT2D eigenvalue weighted by molar-refractivity contribution is 5.73. The van der Waals surface area contributed by atoms with E-state index in [-0.39, 0.29) is 11.9 Å². The Morgan fingerprint density at radius 1 is 1.29 bits per heavy atom. The molecule has 0 unspecified atom stereocenters. The molecule has 1 aliphatic rings. The summed E-state index contributed by atoms with van der Waals surface area (Å²) >= 11 is 0. The highest BCUT2D eigenvalue weighted by atomic mass is 16.5. The maximum atomic E-state index is 12.2. The van der Waals surface area contributed by atoms with Crippen molar-refractivity contribution >= 4 is 5.97 Å². The highest BCUT2D eigenvalue weighted by Gasteiger charge is 2.38. The Morgan fingerprint density at radius 2 is 2.00 bits per heavy atom. The number of benzene rings is 1. The Hall–Kier alpha value is -1.35. The molecule has 2 rings (SSSR count). The van der Waals surface area contributed by atoms with Crippen molar-refractivity contribution in [3.05, 3.63) is 35.9 Å². The van der Waals surface area contributed by atoms with E-state index in [0.717, 1.165) is 26.1 Å². The first-order valence-corrected chi connectivity index (χ1v) is 8.03. The molecule has 0 radical (unpaired) electrons. The van der Waals surface area contributed by atoms with E-state index in [1.807, 2.05) is 13.0 Å². The third-order valence-corrected chi connectivity index (χ3v) is 4.13. The molecule has 0 aromatic heterocycles. The summed E-state index contributed by atoms with van der Waals surface area (Å²) < 4.78 is 5.27. The highest BCUT2D eigenvalue weighted by Crippen LogP contribution is 2.31. The molecule has 3 nitrogen and oxygen atoms in total. The Balaban J connectivity index is 2.01. The van der Waals surface area contributed by atoms with Crippen LogP contribution in [-0.2, 0) is 16.1 Å². The minimum absolute atomic E-state index is 0.0151. The lowest BCUT2D eigenvalue weighted by Gasteiger charge is -2.18. The van der Waals surface area contributed by atoms with Crippen molar-refractivity contribution in [2.75, 3.05) is 19.7 Å². The fourth-order valence-corrected chi connectivity index (χ4v) is 3.29. The van der Waals surface area contributed by atoms with Gasteiger partial charge in [0.25, 0.3) is 0 Å². The van der Waals surface area contributed by atoms with Gasteiger partial charge in [0.15, 0.2) is 0 Å². The molecule has 1 aromatic rings. The van der Waals surface area contributed by atoms with Crippen molar-refractivity contribution in [1.29, 1.82) is 0 Å². The van der Waals surface area contributed by atoms with Crippen molar-refractivity contribution in [3.8, 4) is 0 Å². The third-order valence-electron chi connectivity index (χ3n) is 4.13. The number of rotatable bonds is 6. The van der Waals surface area contributed by atoms with Gasteiger partial charge in [-0.3, -0.25) is 9.69 Å². The van der Waals surface area contributed by atoms with Crippen LogP contribution in [0.2, 0.25) is 0 Å². The Labute approximate surface area is 128 Å². The van der Waals surface area contributed by atoms with Crippen LogP contribution in [0, 0.1) is 17.8 Å². The molecule has 0 N–H and O–H groups in total. The van der Waals surface area contributed by atoms with E-state index in [2.05, 4.69) is 43.0 Å². The van der Waals surface area contributed by atoms with Gasteiger partial charge >= 0.3 is 5.97 Å². The SMILES string of the molecule is CCOC(=O)[C@H]1CN(Cc2ccccc2)C[C@H]1CC(C)C. The van der Waals surface area contributed by atoms with Gasteiger partial charge in [-0.25, -0.2) is 0 Å². The number of carbonyl (C=O) groups is 1. The summed E-state index contributed by atoms with van der Waals surface area (Å²) in [6, 6.07) is 10.5. The van der Waals surface area contributed by atoms with Gasteiger partial charge in [0.05, 0.1) is 12.5 Å². The summed E-state index contributed by atoms with van der Waals surface area (Å²) in [5, 5.41) is 0. The topological polar surface area (TPSA) is 29.5 Å². The number of esters is 1. The fraction of sp³-hybridized carbons (Fsp3) is 0.611. The zero-order chi connectivity index (χ0) is 15.2. The Bertz CT molecular complexity index is 444. The van der Waals surface area contributed by atoms with Crippen molar-refractivity contribution in [2.24, 2.45) is 17.8 Å². The van der Waals surface area contributed by atoms with Crippen molar-refractivity contribution in [1.82, 2.24) is 4.90 Å². The van der Waals surface area contributed by atoms with Crippen LogP contribution in [0.5, 0.6) is 0 Å². The second-order valence-corrected chi connectivity index (χ2v) is 6.43. The van der Waals surface area contributed by atoms with Gasteiger partial charge in [0, 0.05) is 19.6 Å². The molecule has 0 bridgehead atoms. The molecule has 1 aliphatic heterocycles. The van der Waals surface area contributed by atoms with Crippen LogP contribution in [0.3, 0.4) is 0 Å². The molecule has 1 saturated heterocycles. The number of hydrogen-bond donors (Lipinski definition) is 0. The van der Waals surface area contributed by atoms with Crippen molar-refractivity contribution < 1.29 is 9.53 Å². The van der Waals surface area contributed by atoms with Gasteiger partial charge in [0.1, 0.15) is 0 Å². The van der Waals surface area contributed by atoms with Gasteiger partial charge in [-0.05, 0) is 30.7 Å². The van der Waals surface area contributed by atoms with E-state index < -0.39 is 0 Å². The molecular formula is C18H27NO2. The predicted octanol–water partition coefficient (Wildman–Crippen LogP) is 3.34. The summed E-state index contributed by atoms with van der Waals surface area (Å²) in [5.41, 5.74) is 1.31. The number of nitrogens with zero attached hydrogens (tertiary/aromatic N) is 1. The summed E-state index contributed by atoms with van der Waals surface area (Å²) in [6.45, 7) is 9.55. The monoisotopic (exact) mass is 289 g/mol. The maximum absolute atomic E-state index is 12.2. The molecule has 21 heavy (non-hydrogen) atoms. The summed E-state index contributed by atoms with van der Waals surface area (Å²) in [4.78, 5) is 14.6. The second-order valence-electron chi connectivity index (χ2n) is 6.43. The number of hydrogen-bond acceptors (Lipinski definition) is 3. The minimum atomic E-state index is -0.0151. The molecule has 0 spiro atoms. The summed E-state index contributed by atoms with van der Waals surface area (Å²) in [6.07, 6.45) is 1.09. The molecule has 1 fully saturated rings. The lowest BCUT2D eigenvalue weighted by molar-refractivity contribution is -0.149. The van der Waals surface area contributed by atoms with Crippen molar-refractivity contribution in [3.63, 3.8) is 0 Å². The molecule has 0 aliphatic carbocycles. The van der Waals surface area contributed by atoms with E-state index in [4.69, 9.17) is 4.74 Å². The Morgan fingerprint density at radius 3 is 2.62 bits per heavy atom. The molecule has 1 heterocycles. The van der Waals surface area contributed by atoms with Crippen molar-refractivity contribution in [2.45, 2.75) is 33.7 Å². The van der Waals surface area contributed by atoms with Crippen LogP contribution < -0.4 is 0 Å². The van der Waals surface area contributed by atoms with E-state index >= 15 is 0 Å². The average Bonchev–Trinajstić information content (AvgIpc) is 2.82. The van der Waals surface area contributed by atoms with Gasteiger partial charge in [-0.2, -0.15) is 0 Å². The van der Waals surface area contributed by atoms with Crippen LogP contribution >= 0.6 is 0 Å². The lowest BCUT2D eigenvalue weighted by atomic mass is 9.88. The minimum Gasteiger partial charge on any atom is -0.466 e. The zero-order valence-electron chi connectivity index (χ0n) is 13.4. The molecule has 116 valence electrons. The molecular weight excluding hydrogens is 262 g/mol. The number of carbonyl (C=O) groups excluding carboxylic acids is 1. The molecule has 3 heteroatoms. The van der Waals surface area contributed by atoms with E-state index in [1.54, 1.807) is 0 Å². The van der Waals surface area contributed by atoms with Crippen LogP contribution in [0.25, 0.3) is 0 Å². The molecule has 2 atom stereocenters. The summed E-state index contributed by atoms with van der Waals surface area (Å²) in [5.74, 6) is 1.06. The normalized spacial score (nSPS) is 22.7. The first-order chi connectivity index (χ1) is 10.1. The van der Waals surface area contributed by atoms with Gasteiger partial charge in [-0.15, -0.1) is 0 Å². The maximum Gasteiger partial charge on any atom is 0.310 e. The van der Waals surface area contributed by atoms with Crippen LogP contribution in [0.4, 0.5) is 0 Å². The van der Waals surface area contributed by atoms with Gasteiger partial charge in [-0.1, -0.05) is 44.2 Å². The Kier molecular flexibility index (Phi) is 5.80. The fourth-order valence-electron chi connectivity index (χ4n) is 3.29. The molecule has 1 aromatic carbocycles. The smallest absolute Gasteiger partial charge is 0.310 e. The van der Waals surface area contributed by atoms with E-state index in [9.17, 15) is 4.79 Å². The predicted molar refractivity (Wildman–Crippen MR) is 84.8 cm³/mol. The quantitative estimate of drug-likeness (QED) is 0.752. The standard InChI is InChI=1S/C18H27NO2/c1-4-21-18(20)17-13-19(12-16(17)10-14(2)3)11-15-8-6-5-7-9-15/h5-9,14,16-17H,4,10-13H2,1-3H3/t16-,17+/m1/s1. The first kappa shape index (κ1) is 16.0. The average molecular weight is 289 g/mol.